The standard InChI is InChI=1S/C18H16N2O4S/c1-13-12-18(19-24-13)20-25(22,23)17-10-6-15(7-11-17)3-2-14-4-8-16(21)9-5-14/h2-12,21H,1H3,(H,19,20). The van der Waals surface area contributed by atoms with Crippen LogP contribution in [0.3, 0.4) is 0 Å². The monoisotopic (exact) mass is 356 g/mol. The highest BCUT2D eigenvalue weighted by atomic mass is 32.2. The Balaban J connectivity index is 1.74. The minimum absolute atomic E-state index is 0.134. The minimum Gasteiger partial charge on any atom is -0.508 e. The van der Waals surface area contributed by atoms with Crippen LogP contribution in [0.4, 0.5) is 5.82 Å². The second kappa shape index (κ2) is 6.82. The smallest absolute Gasteiger partial charge is 0.263 e. The van der Waals surface area contributed by atoms with E-state index in [9.17, 15) is 13.5 Å². The number of hydrogen-bond acceptors (Lipinski definition) is 5. The lowest BCUT2D eigenvalue weighted by Crippen LogP contribution is -2.13. The molecule has 1 aromatic heterocycles. The van der Waals surface area contributed by atoms with Gasteiger partial charge >= 0.3 is 0 Å². The summed E-state index contributed by atoms with van der Waals surface area (Å²) < 4.78 is 31.8. The zero-order valence-corrected chi connectivity index (χ0v) is 14.2. The van der Waals surface area contributed by atoms with E-state index in [1.54, 1.807) is 43.3 Å². The van der Waals surface area contributed by atoms with Crippen LogP contribution in [0.5, 0.6) is 5.75 Å². The summed E-state index contributed by atoms with van der Waals surface area (Å²) in [5, 5.41) is 12.9. The van der Waals surface area contributed by atoms with Crippen LogP contribution in [0, 0.1) is 6.92 Å². The number of sulfonamides is 1. The highest BCUT2D eigenvalue weighted by Gasteiger charge is 2.15. The van der Waals surface area contributed by atoms with Crippen LogP contribution in [0.2, 0.25) is 0 Å². The van der Waals surface area contributed by atoms with Gasteiger partial charge in [-0.3, -0.25) is 4.72 Å². The quantitative estimate of drug-likeness (QED) is 0.681. The normalized spacial score (nSPS) is 11.7. The van der Waals surface area contributed by atoms with E-state index in [1.165, 1.54) is 18.2 Å². The van der Waals surface area contributed by atoms with E-state index in [1.807, 2.05) is 12.2 Å². The molecule has 6 nitrogen and oxygen atoms in total. The van der Waals surface area contributed by atoms with E-state index < -0.39 is 10.0 Å². The van der Waals surface area contributed by atoms with Gasteiger partial charge in [-0.2, -0.15) is 0 Å². The Hall–Kier alpha value is -3.06. The molecule has 128 valence electrons. The maximum absolute atomic E-state index is 12.3. The molecular formula is C18H16N2O4S. The fourth-order valence-electron chi connectivity index (χ4n) is 2.15. The molecule has 0 aliphatic rings. The summed E-state index contributed by atoms with van der Waals surface area (Å²) in [6.07, 6.45) is 3.73. The third kappa shape index (κ3) is 4.27. The summed E-state index contributed by atoms with van der Waals surface area (Å²) in [6.45, 7) is 1.68. The first-order valence-corrected chi connectivity index (χ1v) is 8.94. The van der Waals surface area contributed by atoms with Crippen molar-refractivity contribution in [3.05, 3.63) is 71.5 Å². The summed E-state index contributed by atoms with van der Waals surface area (Å²) >= 11 is 0. The molecule has 7 heteroatoms. The number of aromatic hydroxyl groups is 1. The average molecular weight is 356 g/mol. The Morgan fingerprint density at radius 2 is 1.56 bits per heavy atom. The van der Waals surface area contributed by atoms with Crippen LogP contribution in [-0.4, -0.2) is 18.7 Å². The lowest BCUT2D eigenvalue weighted by Gasteiger charge is -2.05. The topological polar surface area (TPSA) is 92.4 Å². The van der Waals surface area contributed by atoms with E-state index in [4.69, 9.17) is 4.52 Å². The Kier molecular flexibility index (Phi) is 4.58. The molecule has 2 aromatic carbocycles. The van der Waals surface area contributed by atoms with Crippen LogP contribution in [-0.2, 0) is 10.0 Å². The van der Waals surface area contributed by atoms with Gasteiger partial charge in [0.25, 0.3) is 10.0 Å². The average Bonchev–Trinajstić information content (AvgIpc) is 2.99. The SMILES string of the molecule is Cc1cc(NS(=O)(=O)c2ccc(C=Cc3ccc(O)cc3)cc2)no1. The van der Waals surface area contributed by atoms with E-state index >= 15 is 0 Å². The molecule has 0 unspecified atom stereocenters. The number of aryl methyl sites for hydroxylation is 1. The number of nitrogens with one attached hydrogen (secondary N) is 1. The molecule has 0 saturated carbocycles. The summed E-state index contributed by atoms with van der Waals surface area (Å²) in [5.41, 5.74) is 1.78. The van der Waals surface area contributed by atoms with Crippen LogP contribution in [0.25, 0.3) is 12.2 Å². The molecule has 0 aliphatic heterocycles. The van der Waals surface area contributed by atoms with Crippen molar-refractivity contribution in [3.8, 4) is 5.75 Å². The van der Waals surface area contributed by atoms with Crippen molar-refractivity contribution in [2.24, 2.45) is 0 Å². The maximum atomic E-state index is 12.3. The molecule has 0 amide bonds. The van der Waals surface area contributed by atoms with Crippen LogP contribution >= 0.6 is 0 Å². The van der Waals surface area contributed by atoms with Crippen LogP contribution in [0.1, 0.15) is 16.9 Å². The van der Waals surface area contributed by atoms with Crippen molar-refractivity contribution in [2.75, 3.05) is 4.72 Å². The molecule has 25 heavy (non-hydrogen) atoms. The van der Waals surface area contributed by atoms with E-state index in [0.717, 1.165) is 11.1 Å². The van der Waals surface area contributed by atoms with Gasteiger partial charge in [-0.1, -0.05) is 41.6 Å². The van der Waals surface area contributed by atoms with Crippen molar-refractivity contribution < 1.29 is 18.0 Å². The zero-order valence-electron chi connectivity index (χ0n) is 13.4. The fraction of sp³-hybridized carbons (Fsp3) is 0.0556. The van der Waals surface area contributed by atoms with Gasteiger partial charge in [0.15, 0.2) is 5.82 Å². The van der Waals surface area contributed by atoms with Gasteiger partial charge in [0.05, 0.1) is 4.90 Å². The van der Waals surface area contributed by atoms with Crippen molar-refractivity contribution in [1.29, 1.82) is 0 Å². The minimum atomic E-state index is -3.71. The summed E-state index contributed by atoms with van der Waals surface area (Å²) in [5.74, 6) is 0.878. The summed E-state index contributed by atoms with van der Waals surface area (Å²) in [6, 6.07) is 14.7. The molecule has 0 aliphatic carbocycles. The molecule has 0 saturated heterocycles. The lowest BCUT2D eigenvalue weighted by atomic mass is 10.1. The molecule has 1 heterocycles. The summed E-state index contributed by atoms with van der Waals surface area (Å²) in [7, 11) is -3.71. The second-order valence-corrected chi connectivity index (χ2v) is 7.10. The van der Waals surface area contributed by atoms with E-state index in [-0.39, 0.29) is 16.5 Å². The zero-order chi connectivity index (χ0) is 17.9. The Bertz CT molecular complexity index is 988. The van der Waals surface area contributed by atoms with Crippen LogP contribution < -0.4 is 4.72 Å². The molecule has 3 aromatic rings. The van der Waals surface area contributed by atoms with Crippen molar-refractivity contribution in [1.82, 2.24) is 5.16 Å². The number of aromatic nitrogens is 1. The van der Waals surface area contributed by atoms with Gasteiger partial charge in [0, 0.05) is 6.07 Å². The Morgan fingerprint density at radius 3 is 2.08 bits per heavy atom. The molecular weight excluding hydrogens is 340 g/mol. The van der Waals surface area contributed by atoms with Gasteiger partial charge in [-0.05, 0) is 42.3 Å². The molecule has 0 spiro atoms. The number of nitrogens with zero attached hydrogens (tertiary/aromatic N) is 1. The largest absolute Gasteiger partial charge is 0.508 e. The van der Waals surface area contributed by atoms with Gasteiger partial charge in [-0.25, -0.2) is 8.42 Å². The second-order valence-electron chi connectivity index (χ2n) is 5.42. The summed E-state index contributed by atoms with van der Waals surface area (Å²) in [4.78, 5) is 0.134. The molecule has 2 N–H and O–H groups in total. The number of rotatable bonds is 5. The highest BCUT2D eigenvalue weighted by molar-refractivity contribution is 7.92. The molecule has 0 fully saturated rings. The lowest BCUT2D eigenvalue weighted by molar-refractivity contribution is 0.400. The fourth-order valence-corrected chi connectivity index (χ4v) is 3.13. The predicted octanol–water partition coefficient (Wildman–Crippen LogP) is 3.66. The maximum Gasteiger partial charge on any atom is 0.263 e. The first kappa shape index (κ1) is 16.8. The van der Waals surface area contributed by atoms with Gasteiger partial charge in [0.2, 0.25) is 0 Å². The van der Waals surface area contributed by atoms with Crippen molar-refractivity contribution >= 4 is 28.0 Å². The van der Waals surface area contributed by atoms with Crippen molar-refractivity contribution in [2.45, 2.75) is 11.8 Å². The number of phenolic OH excluding ortho intramolecular Hbond substituents is 1. The molecule has 0 bridgehead atoms. The number of benzene rings is 2. The van der Waals surface area contributed by atoms with E-state index in [0.29, 0.717) is 5.76 Å². The number of phenols is 1. The molecule has 0 atom stereocenters. The Labute approximate surface area is 145 Å². The van der Waals surface area contributed by atoms with Crippen LogP contribution in [0.15, 0.2) is 64.0 Å². The van der Waals surface area contributed by atoms with Crippen molar-refractivity contribution in [3.63, 3.8) is 0 Å². The first-order chi connectivity index (χ1) is 11.9. The third-order valence-corrected chi connectivity index (χ3v) is 4.79. The first-order valence-electron chi connectivity index (χ1n) is 7.46. The predicted molar refractivity (Wildman–Crippen MR) is 95.5 cm³/mol. The van der Waals surface area contributed by atoms with Gasteiger partial charge in [-0.15, -0.1) is 0 Å². The molecule has 0 radical (unpaired) electrons. The third-order valence-electron chi connectivity index (χ3n) is 3.42. The molecule has 3 rings (SSSR count). The Morgan fingerprint density at radius 1 is 1.00 bits per heavy atom. The van der Waals surface area contributed by atoms with Gasteiger partial charge in [0.1, 0.15) is 11.5 Å². The number of hydrogen-bond donors (Lipinski definition) is 2. The van der Waals surface area contributed by atoms with Gasteiger partial charge < -0.3 is 9.63 Å². The highest BCUT2D eigenvalue weighted by Crippen LogP contribution is 2.18. The van der Waals surface area contributed by atoms with E-state index in [2.05, 4.69) is 9.88 Å². The number of anilines is 1.